The molecule has 0 saturated carbocycles. The van der Waals surface area contributed by atoms with Crippen LogP contribution >= 0.6 is 0 Å². The molecule has 0 aliphatic carbocycles. The number of nitrogens with zero attached hydrogens (tertiary/aromatic N) is 5. The van der Waals surface area contributed by atoms with Crippen LogP contribution in [0.25, 0.3) is 0 Å². The minimum atomic E-state index is 0.638. The fourth-order valence-electron chi connectivity index (χ4n) is 2.97. The molecule has 4 rings (SSSR count). The van der Waals surface area contributed by atoms with Crippen molar-refractivity contribution in [2.75, 3.05) is 31.1 Å². The molecule has 1 aliphatic heterocycles. The molecule has 7 nitrogen and oxygen atoms in total. The minimum absolute atomic E-state index is 0.638. The second-order valence-corrected chi connectivity index (χ2v) is 6.33. The van der Waals surface area contributed by atoms with Crippen molar-refractivity contribution in [3.05, 3.63) is 60.2 Å². The summed E-state index contributed by atoms with van der Waals surface area (Å²) in [4.78, 5) is 13.4. The number of aromatic nitrogens is 3. The summed E-state index contributed by atoms with van der Waals surface area (Å²) in [6.45, 7) is 6.36. The average Bonchev–Trinajstić information content (AvgIpc) is 3.09. The first-order valence-corrected chi connectivity index (χ1v) is 8.71. The number of piperazine rings is 1. The van der Waals surface area contributed by atoms with Crippen molar-refractivity contribution in [1.29, 1.82) is 0 Å². The maximum atomic E-state index is 5.74. The second-order valence-electron chi connectivity index (χ2n) is 6.33. The van der Waals surface area contributed by atoms with Gasteiger partial charge >= 0.3 is 0 Å². The topological polar surface area (TPSA) is 67.5 Å². The molecule has 1 aromatic carbocycles. The third-order valence-electron chi connectivity index (χ3n) is 4.30. The SMILES string of the molecule is Cc1cc(CN2CCN(c3ncc(Oc4ccccc4)cn3)CC2)on1. The molecule has 2 aromatic heterocycles. The molecule has 0 radical (unpaired) electrons. The van der Waals surface area contributed by atoms with Crippen LogP contribution in [0.15, 0.2) is 53.3 Å². The van der Waals surface area contributed by atoms with Gasteiger partial charge in [-0.3, -0.25) is 4.90 Å². The van der Waals surface area contributed by atoms with Gasteiger partial charge in [-0.1, -0.05) is 23.4 Å². The highest BCUT2D eigenvalue weighted by atomic mass is 16.5. The summed E-state index contributed by atoms with van der Waals surface area (Å²) in [6, 6.07) is 11.6. The molecule has 3 aromatic rings. The van der Waals surface area contributed by atoms with Crippen molar-refractivity contribution in [2.24, 2.45) is 0 Å². The van der Waals surface area contributed by atoms with Crippen molar-refractivity contribution in [3.63, 3.8) is 0 Å². The highest BCUT2D eigenvalue weighted by Crippen LogP contribution is 2.21. The van der Waals surface area contributed by atoms with E-state index in [1.807, 2.05) is 43.3 Å². The number of benzene rings is 1. The smallest absolute Gasteiger partial charge is 0.225 e. The third-order valence-corrected chi connectivity index (χ3v) is 4.30. The Hall–Kier alpha value is -2.93. The molecule has 134 valence electrons. The Balaban J connectivity index is 1.31. The van der Waals surface area contributed by atoms with E-state index in [0.29, 0.717) is 5.75 Å². The van der Waals surface area contributed by atoms with Gasteiger partial charge in [0.1, 0.15) is 5.75 Å². The first-order chi connectivity index (χ1) is 12.8. The highest BCUT2D eigenvalue weighted by molar-refractivity contribution is 5.34. The van der Waals surface area contributed by atoms with Gasteiger partial charge in [0.15, 0.2) is 11.5 Å². The van der Waals surface area contributed by atoms with Gasteiger partial charge in [0.2, 0.25) is 5.95 Å². The largest absolute Gasteiger partial charge is 0.454 e. The van der Waals surface area contributed by atoms with Gasteiger partial charge < -0.3 is 14.2 Å². The number of para-hydroxylation sites is 1. The molecule has 1 aliphatic rings. The van der Waals surface area contributed by atoms with Gasteiger partial charge in [0, 0.05) is 32.2 Å². The summed E-state index contributed by atoms with van der Waals surface area (Å²) >= 11 is 0. The number of aryl methyl sites for hydroxylation is 1. The number of anilines is 1. The van der Waals surface area contributed by atoms with E-state index in [2.05, 4.69) is 24.9 Å². The number of rotatable bonds is 5. The number of hydrogen-bond acceptors (Lipinski definition) is 7. The van der Waals surface area contributed by atoms with Gasteiger partial charge in [-0.2, -0.15) is 0 Å². The standard InChI is InChI=1S/C19H21N5O2/c1-15-11-17(26-22-15)14-23-7-9-24(10-8-23)19-20-12-18(13-21-19)25-16-5-3-2-4-6-16/h2-6,11-13H,7-10,14H2,1H3. The molecule has 0 N–H and O–H groups in total. The maximum Gasteiger partial charge on any atom is 0.225 e. The second kappa shape index (κ2) is 7.53. The van der Waals surface area contributed by atoms with Crippen LogP contribution in [-0.4, -0.2) is 46.2 Å². The van der Waals surface area contributed by atoms with Crippen LogP contribution in [0.3, 0.4) is 0 Å². The van der Waals surface area contributed by atoms with Crippen LogP contribution in [0.4, 0.5) is 5.95 Å². The molecule has 0 bridgehead atoms. The van der Waals surface area contributed by atoms with Crippen LogP contribution in [0.1, 0.15) is 11.5 Å². The molecule has 1 saturated heterocycles. The molecular formula is C19H21N5O2. The first-order valence-electron chi connectivity index (χ1n) is 8.71. The van der Waals surface area contributed by atoms with Crippen LogP contribution < -0.4 is 9.64 Å². The highest BCUT2D eigenvalue weighted by Gasteiger charge is 2.20. The number of ether oxygens (including phenoxy) is 1. The van der Waals surface area contributed by atoms with E-state index in [1.165, 1.54) is 0 Å². The van der Waals surface area contributed by atoms with E-state index in [0.717, 1.165) is 55.9 Å². The summed E-state index contributed by atoms with van der Waals surface area (Å²) in [6.07, 6.45) is 3.44. The lowest BCUT2D eigenvalue weighted by Gasteiger charge is -2.34. The summed E-state index contributed by atoms with van der Waals surface area (Å²) in [7, 11) is 0. The normalized spacial score (nSPS) is 15.2. The lowest BCUT2D eigenvalue weighted by molar-refractivity contribution is 0.218. The molecule has 0 atom stereocenters. The zero-order chi connectivity index (χ0) is 17.8. The summed E-state index contributed by atoms with van der Waals surface area (Å²) < 4.78 is 11.0. The van der Waals surface area contributed by atoms with E-state index in [-0.39, 0.29) is 0 Å². The van der Waals surface area contributed by atoms with E-state index in [9.17, 15) is 0 Å². The van der Waals surface area contributed by atoms with Gasteiger partial charge in [-0.05, 0) is 19.1 Å². The van der Waals surface area contributed by atoms with Crippen LogP contribution in [0, 0.1) is 6.92 Å². The molecule has 26 heavy (non-hydrogen) atoms. The van der Waals surface area contributed by atoms with E-state index < -0.39 is 0 Å². The molecule has 3 heterocycles. The fourth-order valence-corrected chi connectivity index (χ4v) is 2.97. The molecule has 0 unspecified atom stereocenters. The van der Waals surface area contributed by atoms with Crippen molar-refractivity contribution in [1.82, 2.24) is 20.0 Å². The van der Waals surface area contributed by atoms with Crippen molar-refractivity contribution in [3.8, 4) is 11.5 Å². The monoisotopic (exact) mass is 351 g/mol. The predicted octanol–water partition coefficient (Wildman–Crippen LogP) is 2.89. The first kappa shape index (κ1) is 16.5. The summed E-state index contributed by atoms with van der Waals surface area (Å²) in [5, 5.41) is 3.94. The number of hydrogen-bond donors (Lipinski definition) is 0. The Labute approximate surface area is 152 Å². The Bertz CT molecular complexity index is 827. The quantitative estimate of drug-likeness (QED) is 0.700. The van der Waals surface area contributed by atoms with Gasteiger partial charge in [0.25, 0.3) is 0 Å². The zero-order valence-corrected chi connectivity index (χ0v) is 14.7. The molecule has 0 spiro atoms. The Morgan fingerprint density at radius 2 is 1.73 bits per heavy atom. The van der Waals surface area contributed by atoms with Gasteiger partial charge in [0.05, 0.1) is 24.6 Å². The fraction of sp³-hybridized carbons (Fsp3) is 0.316. The molecule has 1 fully saturated rings. The van der Waals surface area contributed by atoms with E-state index >= 15 is 0 Å². The summed E-state index contributed by atoms with van der Waals surface area (Å²) in [5.74, 6) is 3.06. The maximum absolute atomic E-state index is 5.74. The van der Waals surface area contributed by atoms with Crippen molar-refractivity contribution >= 4 is 5.95 Å². The Morgan fingerprint density at radius 3 is 2.38 bits per heavy atom. The third kappa shape index (κ3) is 4.00. The Morgan fingerprint density at radius 1 is 1.00 bits per heavy atom. The van der Waals surface area contributed by atoms with E-state index in [4.69, 9.17) is 9.26 Å². The zero-order valence-electron chi connectivity index (χ0n) is 14.7. The predicted molar refractivity (Wildman–Crippen MR) is 97.3 cm³/mol. The van der Waals surface area contributed by atoms with Crippen molar-refractivity contribution in [2.45, 2.75) is 13.5 Å². The van der Waals surface area contributed by atoms with Crippen molar-refractivity contribution < 1.29 is 9.26 Å². The lowest BCUT2D eigenvalue weighted by atomic mass is 10.3. The van der Waals surface area contributed by atoms with Crippen LogP contribution in [0.5, 0.6) is 11.5 Å². The minimum Gasteiger partial charge on any atom is -0.454 e. The van der Waals surface area contributed by atoms with E-state index in [1.54, 1.807) is 12.4 Å². The van der Waals surface area contributed by atoms with Gasteiger partial charge in [-0.15, -0.1) is 0 Å². The lowest BCUT2D eigenvalue weighted by Crippen LogP contribution is -2.46. The molecular weight excluding hydrogens is 330 g/mol. The van der Waals surface area contributed by atoms with Crippen LogP contribution in [0.2, 0.25) is 0 Å². The summed E-state index contributed by atoms with van der Waals surface area (Å²) in [5.41, 5.74) is 0.921. The molecule has 0 amide bonds. The average molecular weight is 351 g/mol. The van der Waals surface area contributed by atoms with Crippen LogP contribution in [-0.2, 0) is 6.54 Å². The van der Waals surface area contributed by atoms with Gasteiger partial charge in [-0.25, -0.2) is 9.97 Å². The molecule has 7 heteroatoms. The Kier molecular flexibility index (Phi) is 4.79.